The van der Waals surface area contributed by atoms with E-state index >= 15 is 0 Å². The van der Waals surface area contributed by atoms with Gasteiger partial charge in [0.1, 0.15) is 11.6 Å². The Morgan fingerprint density at radius 1 is 1.18 bits per heavy atom. The molecule has 40 heavy (non-hydrogen) atoms. The van der Waals surface area contributed by atoms with Gasteiger partial charge in [-0.15, -0.1) is 0 Å². The number of hydrogen-bond donors (Lipinski definition) is 1. The third-order valence-corrected chi connectivity index (χ3v) is 8.57. The summed E-state index contributed by atoms with van der Waals surface area (Å²) in [6.07, 6.45) is 6.84. The third-order valence-electron chi connectivity index (χ3n) is 8.57. The average molecular weight is 542 g/mol. The monoisotopic (exact) mass is 541 g/mol. The summed E-state index contributed by atoms with van der Waals surface area (Å²) in [5.41, 5.74) is 10.2. The molecule has 0 spiro atoms. The van der Waals surface area contributed by atoms with Crippen molar-refractivity contribution in [3.63, 3.8) is 0 Å². The molecule has 1 saturated carbocycles. The molecule has 4 heterocycles. The number of alkyl halides is 2. The van der Waals surface area contributed by atoms with Gasteiger partial charge in [0.2, 0.25) is 5.54 Å². The molecule has 202 valence electrons. The highest BCUT2D eigenvalue weighted by molar-refractivity contribution is 5.98. The summed E-state index contributed by atoms with van der Waals surface area (Å²) in [7, 11) is 1.72. The van der Waals surface area contributed by atoms with Crippen LogP contribution in [0.15, 0.2) is 48.9 Å². The number of amides is 1. The Morgan fingerprint density at radius 2 is 1.93 bits per heavy atom. The number of rotatable bonds is 4. The van der Waals surface area contributed by atoms with Crippen molar-refractivity contribution in [2.45, 2.75) is 55.8 Å². The molecule has 3 aliphatic rings. The Bertz CT molecular complexity index is 1740. The van der Waals surface area contributed by atoms with E-state index in [9.17, 15) is 13.6 Å². The summed E-state index contributed by atoms with van der Waals surface area (Å²) in [6.45, 7) is 6.25. The van der Waals surface area contributed by atoms with Gasteiger partial charge in [0.15, 0.2) is 0 Å². The Hall–Kier alpha value is -4.43. The highest BCUT2D eigenvalue weighted by Gasteiger charge is 2.58. The number of fused-ring (bicyclic) bond motifs is 9. The second-order valence-electron chi connectivity index (χ2n) is 11.3. The summed E-state index contributed by atoms with van der Waals surface area (Å²) in [5, 5.41) is 4.81. The zero-order chi connectivity index (χ0) is 28.0. The highest BCUT2D eigenvalue weighted by Crippen LogP contribution is 2.53. The standard InChI is InChI=1S/C29H25F2N7O2/c1-28(33-2)13-29(32,14-28)26-34-11-16(12-35-26)15-7-8-38-19(9-15)23-18-10-20(24(23)36-38)37(3)25(39)17-5-4-6-21(22(17)18)40-27(30)31/h4-9,11-12,18,20,27H,10,13-14,32H2,1,3H3/t18-,20-,28?,29?/m1/s1. The molecule has 9 nitrogen and oxygen atoms in total. The van der Waals surface area contributed by atoms with Crippen molar-refractivity contribution in [1.82, 2.24) is 24.5 Å². The third kappa shape index (κ3) is 3.45. The first-order valence-corrected chi connectivity index (χ1v) is 13.0. The fraction of sp³-hybridized carbons (Fsp3) is 0.345. The summed E-state index contributed by atoms with van der Waals surface area (Å²) >= 11 is 0. The first kappa shape index (κ1) is 24.6. The lowest BCUT2D eigenvalue weighted by Gasteiger charge is -2.43. The maximum atomic E-state index is 13.4. The van der Waals surface area contributed by atoms with Gasteiger partial charge in [0.05, 0.1) is 35.6 Å². The van der Waals surface area contributed by atoms with Crippen molar-refractivity contribution in [3.05, 3.63) is 88.5 Å². The zero-order valence-corrected chi connectivity index (χ0v) is 21.8. The van der Waals surface area contributed by atoms with Crippen LogP contribution >= 0.6 is 0 Å². The van der Waals surface area contributed by atoms with E-state index < -0.39 is 17.7 Å². The van der Waals surface area contributed by atoms with E-state index in [1.807, 2.05) is 25.3 Å². The molecule has 1 fully saturated rings. The SMILES string of the molecule is [C-]#[N+]C1(C)CC(N)(c2ncc(-c3ccn4nc5c(c4c3)[C@@H]3C[C@H]5N(C)C(=O)c4cccc(OC(F)F)c43)cn2)C1. The van der Waals surface area contributed by atoms with Gasteiger partial charge in [0, 0.05) is 60.7 Å². The van der Waals surface area contributed by atoms with Crippen LogP contribution in [0.25, 0.3) is 21.5 Å². The Balaban J connectivity index is 1.31. The molecule has 1 amide bonds. The molecule has 0 unspecified atom stereocenters. The number of carbonyl (C=O) groups is 1. The predicted molar refractivity (Wildman–Crippen MR) is 141 cm³/mol. The van der Waals surface area contributed by atoms with Gasteiger partial charge in [-0.25, -0.2) is 21.1 Å². The Kier molecular flexibility index (Phi) is 5.10. The van der Waals surface area contributed by atoms with Gasteiger partial charge in [0.25, 0.3) is 5.91 Å². The van der Waals surface area contributed by atoms with Crippen LogP contribution in [0.3, 0.4) is 0 Å². The van der Waals surface area contributed by atoms with Crippen LogP contribution in [0.5, 0.6) is 5.75 Å². The zero-order valence-electron chi connectivity index (χ0n) is 21.8. The molecule has 1 aliphatic heterocycles. The van der Waals surface area contributed by atoms with Crippen molar-refractivity contribution in [1.29, 1.82) is 0 Å². The maximum Gasteiger partial charge on any atom is 0.387 e. The molecule has 2 atom stereocenters. The molecule has 0 saturated heterocycles. The van der Waals surface area contributed by atoms with Gasteiger partial charge in [-0.3, -0.25) is 4.79 Å². The normalized spacial score (nSPS) is 26.7. The van der Waals surface area contributed by atoms with Crippen LogP contribution in [-0.4, -0.2) is 49.6 Å². The fourth-order valence-electron chi connectivity index (χ4n) is 6.82. The largest absolute Gasteiger partial charge is 0.434 e. The molecule has 0 radical (unpaired) electrons. The van der Waals surface area contributed by atoms with Crippen molar-refractivity contribution >= 4 is 11.4 Å². The first-order valence-electron chi connectivity index (χ1n) is 13.0. The number of ether oxygens (including phenoxy) is 1. The summed E-state index contributed by atoms with van der Waals surface area (Å²) in [5.74, 6) is -0.0701. The van der Waals surface area contributed by atoms with E-state index in [0.29, 0.717) is 36.2 Å². The average Bonchev–Trinajstić information content (AvgIpc) is 3.45. The molecule has 7 rings (SSSR count). The number of halogens is 2. The van der Waals surface area contributed by atoms with E-state index in [0.717, 1.165) is 27.9 Å². The number of carbonyl (C=O) groups excluding carboxylic acids is 1. The summed E-state index contributed by atoms with van der Waals surface area (Å²) in [6, 6.07) is 8.31. The number of hydrogen-bond acceptors (Lipinski definition) is 6. The van der Waals surface area contributed by atoms with Gasteiger partial charge < -0.3 is 20.2 Å². The molecule has 2 N–H and O–H groups in total. The van der Waals surface area contributed by atoms with E-state index in [1.54, 1.807) is 41.0 Å². The van der Waals surface area contributed by atoms with Crippen molar-refractivity contribution in [2.75, 3.05) is 7.05 Å². The van der Waals surface area contributed by atoms with Crippen molar-refractivity contribution in [3.8, 4) is 16.9 Å². The fourth-order valence-corrected chi connectivity index (χ4v) is 6.82. The lowest BCUT2D eigenvalue weighted by Crippen LogP contribution is -2.57. The van der Waals surface area contributed by atoms with E-state index in [-0.39, 0.29) is 23.6 Å². The topological polar surface area (TPSA) is 103 Å². The van der Waals surface area contributed by atoms with Crippen molar-refractivity contribution < 1.29 is 18.3 Å². The lowest BCUT2D eigenvalue weighted by atomic mass is 9.64. The number of pyridine rings is 1. The molecule has 2 bridgehead atoms. The molecule has 4 aromatic rings. The molecule has 1 aromatic carbocycles. The van der Waals surface area contributed by atoms with Gasteiger partial charge >= 0.3 is 6.61 Å². The lowest BCUT2D eigenvalue weighted by molar-refractivity contribution is -0.0505. The molecule has 2 aliphatic carbocycles. The predicted octanol–water partition coefficient (Wildman–Crippen LogP) is 4.68. The number of aromatic nitrogens is 4. The Morgan fingerprint density at radius 3 is 2.62 bits per heavy atom. The van der Waals surface area contributed by atoms with Crippen LogP contribution in [-0.2, 0) is 5.54 Å². The molecular formula is C29H25F2N7O2. The van der Waals surface area contributed by atoms with Crippen LogP contribution in [0.1, 0.15) is 71.1 Å². The summed E-state index contributed by atoms with van der Waals surface area (Å²) in [4.78, 5) is 27.7. The van der Waals surface area contributed by atoms with Crippen LogP contribution in [0, 0.1) is 6.57 Å². The smallest absolute Gasteiger partial charge is 0.387 e. The minimum Gasteiger partial charge on any atom is -0.434 e. The minimum absolute atomic E-state index is 0.00765. The quantitative estimate of drug-likeness (QED) is 0.377. The van der Waals surface area contributed by atoms with Crippen molar-refractivity contribution in [2.24, 2.45) is 5.73 Å². The van der Waals surface area contributed by atoms with Gasteiger partial charge in [-0.1, -0.05) is 6.07 Å². The second-order valence-corrected chi connectivity index (χ2v) is 11.3. The second kappa shape index (κ2) is 8.29. The summed E-state index contributed by atoms with van der Waals surface area (Å²) < 4.78 is 33.4. The maximum absolute atomic E-state index is 13.4. The number of nitrogens with zero attached hydrogens (tertiary/aromatic N) is 6. The Labute approximate surface area is 228 Å². The number of nitrogens with two attached hydrogens (primary N) is 1. The van der Waals surface area contributed by atoms with E-state index in [1.165, 1.54) is 6.07 Å². The van der Waals surface area contributed by atoms with E-state index in [2.05, 4.69) is 14.8 Å². The molecule has 3 aromatic heterocycles. The van der Waals surface area contributed by atoms with Gasteiger partial charge in [-0.05, 0) is 36.2 Å². The van der Waals surface area contributed by atoms with Crippen LogP contribution in [0.2, 0.25) is 0 Å². The molecule has 11 heteroatoms. The van der Waals surface area contributed by atoms with E-state index in [4.69, 9.17) is 22.1 Å². The van der Waals surface area contributed by atoms with Crippen LogP contribution in [0.4, 0.5) is 8.78 Å². The van der Waals surface area contributed by atoms with Gasteiger partial charge in [-0.2, -0.15) is 13.9 Å². The highest BCUT2D eigenvalue weighted by atomic mass is 19.3. The van der Waals surface area contributed by atoms with Crippen LogP contribution < -0.4 is 10.5 Å². The minimum atomic E-state index is -3.01. The molecular weight excluding hydrogens is 516 g/mol. The number of benzene rings is 1. The first-order chi connectivity index (χ1) is 19.1.